The molecule has 7 nitrogen and oxygen atoms in total. The fraction of sp³-hybridized carbons (Fsp3) is 0.486. The topological polar surface area (TPSA) is 87.7 Å². The van der Waals surface area contributed by atoms with Crippen LogP contribution in [0, 0.1) is 25.7 Å². The molecule has 3 atom stereocenters. The van der Waals surface area contributed by atoms with Crippen LogP contribution in [0.2, 0.25) is 0 Å². The Labute approximate surface area is 263 Å². The quantitative estimate of drug-likeness (QED) is 0.231. The van der Waals surface area contributed by atoms with Gasteiger partial charge in [-0.15, -0.1) is 0 Å². The Balaban J connectivity index is 2.13. The van der Waals surface area contributed by atoms with Crippen LogP contribution in [-0.4, -0.2) is 40.5 Å². The molecular weight excluding hydrogens is 550 g/mol. The monoisotopic (exact) mass is 601 g/mol. The number of benzene rings is 3. The number of rotatable bonds is 11. The minimum absolute atomic E-state index is 0.252. The second-order valence-corrected chi connectivity index (χ2v) is 13.7. The predicted molar refractivity (Wildman–Crippen MR) is 180 cm³/mol. The molecule has 44 heavy (non-hydrogen) atoms. The summed E-state index contributed by atoms with van der Waals surface area (Å²) < 4.78 is 5.53. The highest BCUT2D eigenvalue weighted by Gasteiger charge is 2.40. The first-order chi connectivity index (χ1) is 20.6. The number of nitrogens with one attached hydrogen (secondary N) is 2. The summed E-state index contributed by atoms with van der Waals surface area (Å²) in [6.07, 6.45) is 0.914. The molecule has 3 aromatic carbocycles. The van der Waals surface area contributed by atoms with Gasteiger partial charge in [-0.2, -0.15) is 0 Å². The smallest absolute Gasteiger partial charge is 0.408 e. The maximum absolute atomic E-state index is 14.7. The number of ether oxygens (including phenoxy) is 1. The van der Waals surface area contributed by atoms with Gasteiger partial charge in [0.05, 0.1) is 0 Å². The number of aryl methyl sites for hydroxylation is 2. The summed E-state index contributed by atoms with van der Waals surface area (Å²) in [6.45, 7) is 19.4. The zero-order valence-corrected chi connectivity index (χ0v) is 28.2. The van der Waals surface area contributed by atoms with Crippen molar-refractivity contribution in [1.82, 2.24) is 10.2 Å². The van der Waals surface area contributed by atoms with Gasteiger partial charge in [0.1, 0.15) is 17.7 Å². The SMILES string of the molecule is Cc1ccc(C)c(C(C(=O)Nc2ccc3ccccc3c2)N(C(=O)C(NC(=O)OC(C)(C)C)C(C)C)C(C)CCC(C)C)c1. The molecule has 3 unspecified atom stereocenters. The predicted octanol–water partition coefficient (Wildman–Crippen LogP) is 8.34. The minimum Gasteiger partial charge on any atom is -0.444 e. The molecule has 0 fully saturated rings. The largest absolute Gasteiger partial charge is 0.444 e. The third-order valence-corrected chi connectivity index (χ3v) is 7.77. The number of carbonyl (C=O) groups excluding carboxylic acids is 3. The summed E-state index contributed by atoms with van der Waals surface area (Å²) in [4.78, 5) is 43.8. The molecule has 0 aliphatic rings. The van der Waals surface area contributed by atoms with E-state index in [-0.39, 0.29) is 23.8 Å². The standard InChI is InChI=1S/C37H51N3O4/c1-23(2)15-18-27(7)40(35(42)32(24(3)4)39-36(43)44-37(8,9)10)33(31-21-25(5)16-17-26(31)6)34(41)38-30-20-19-28-13-11-12-14-29(28)22-30/h11-14,16-17,19-24,27,32-33H,15,18H2,1-10H3,(H,38,41)(H,39,43). The van der Waals surface area contributed by atoms with Crippen molar-refractivity contribution in [2.75, 3.05) is 5.32 Å². The Hall–Kier alpha value is -3.87. The van der Waals surface area contributed by atoms with Crippen LogP contribution in [-0.2, 0) is 14.3 Å². The number of carbonyl (C=O) groups is 3. The first kappa shape index (κ1) is 34.6. The molecule has 0 heterocycles. The Morgan fingerprint density at radius 1 is 0.841 bits per heavy atom. The Morgan fingerprint density at radius 2 is 1.50 bits per heavy atom. The van der Waals surface area contributed by atoms with E-state index in [1.165, 1.54) is 0 Å². The molecule has 3 aromatic rings. The second-order valence-electron chi connectivity index (χ2n) is 13.7. The van der Waals surface area contributed by atoms with E-state index in [9.17, 15) is 14.4 Å². The number of anilines is 1. The molecule has 0 aliphatic heterocycles. The zero-order chi connectivity index (χ0) is 32.8. The molecule has 238 valence electrons. The van der Waals surface area contributed by atoms with Crippen molar-refractivity contribution in [3.05, 3.63) is 77.4 Å². The maximum Gasteiger partial charge on any atom is 0.408 e. The highest BCUT2D eigenvalue weighted by molar-refractivity contribution is 6.00. The lowest BCUT2D eigenvalue weighted by atomic mass is 9.92. The average Bonchev–Trinajstić information content (AvgIpc) is 2.93. The number of hydrogen-bond donors (Lipinski definition) is 2. The fourth-order valence-electron chi connectivity index (χ4n) is 5.37. The van der Waals surface area contributed by atoms with E-state index in [0.717, 1.165) is 33.9 Å². The van der Waals surface area contributed by atoms with Crippen molar-refractivity contribution in [3.8, 4) is 0 Å². The third-order valence-electron chi connectivity index (χ3n) is 7.77. The molecule has 0 aliphatic carbocycles. The van der Waals surface area contributed by atoms with E-state index >= 15 is 0 Å². The molecule has 3 amide bonds. The van der Waals surface area contributed by atoms with Gasteiger partial charge in [0.15, 0.2) is 0 Å². The molecule has 0 saturated carbocycles. The molecule has 0 saturated heterocycles. The van der Waals surface area contributed by atoms with Crippen molar-refractivity contribution in [1.29, 1.82) is 0 Å². The van der Waals surface area contributed by atoms with Gasteiger partial charge in [-0.3, -0.25) is 9.59 Å². The van der Waals surface area contributed by atoms with Crippen LogP contribution >= 0.6 is 0 Å². The lowest BCUT2D eigenvalue weighted by Gasteiger charge is -2.40. The highest BCUT2D eigenvalue weighted by Crippen LogP contribution is 2.32. The van der Waals surface area contributed by atoms with Crippen molar-refractivity contribution < 1.29 is 19.1 Å². The van der Waals surface area contributed by atoms with E-state index in [2.05, 4.69) is 24.5 Å². The lowest BCUT2D eigenvalue weighted by Crippen LogP contribution is -2.56. The van der Waals surface area contributed by atoms with Crippen LogP contribution in [0.15, 0.2) is 60.7 Å². The number of nitrogens with zero attached hydrogens (tertiary/aromatic N) is 1. The summed E-state index contributed by atoms with van der Waals surface area (Å²) in [5.41, 5.74) is 2.58. The Morgan fingerprint density at radius 3 is 2.11 bits per heavy atom. The van der Waals surface area contributed by atoms with E-state index in [0.29, 0.717) is 18.0 Å². The van der Waals surface area contributed by atoms with Gasteiger partial charge in [-0.25, -0.2) is 4.79 Å². The Bertz CT molecular complexity index is 1460. The van der Waals surface area contributed by atoms with Gasteiger partial charge in [0.2, 0.25) is 5.91 Å². The fourth-order valence-corrected chi connectivity index (χ4v) is 5.37. The summed E-state index contributed by atoms with van der Waals surface area (Å²) in [6, 6.07) is 17.7. The Kier molecular flexibility index (Phi) is 11.6. The van der Waals surface area contributed by atoms with Crippen LogP contribution in [0.25, 0.3) is 10.8 Å². The normalized spacial score (nSPS) is 13.8. The molecule has 0 bridgehead atoms. The van der Waals surface area contributed by atoms with Crippen molar-refractivity contribution >= 4 is 34.4 Å². The lowest BCUT2D eigenvalue weighted by molar-refractivity contribution is -0.144. The van der Waals surface area contributed by atoms with E-state index in [1.807, 2.05) is 95.3 Å². The first-order valence-electron chi connectivity index (χ1n) is 15.8. The van der Waals surface area contributed by atoms with E-state index in [4.69, 9.17) is 4.74 Å². The van der Waals surface area contributed by atoms with Gasteiger partial charge in [-0.1, -0.05) is 81.8 Å². The molecule has 2 N–H and O–H groups in total. The van der Waals surface area contributed by atoms with Crippen molar-refractivity contribution in [2.45, 2.75) is 106 Å². The first-order valence-corrected chi connectivity index (χ1v) is 15.8. The molecular formula is C37H51N3O4. The average molecular weight is 602 g/mol. The van der Waals surface area contributed by atoms with Gasteiger partial charge < -0.3 is 20.3 Å². The molecule has 0 radical (unpaired) electrons. The number of hydrogen-bond acceptors (Lipinski definition) is 4. The summed E-state index contributed by atoms with van der Waals surface area (Å²) in [5, 5.41) is 8.04. The van der Waals surface area contributed by atoms with Crippen LogP contribution < -0.4 is 10.6 Å². The van der Waals surface area contributed by atoms with Gasteiger partial charge in [0, 0.05) is 11.7 Å². The van der Waals surface area contributed by atoms with Crippen LogP contribution in [0.3, 0.4) is 0 Å². The molecule has 0 spiro atoms. The van der Waals surface area contributed by atoms with Crippen molar-refractivity contribution in [3.63, 3.8) is 0 Å². The minimum atomic E-state index is -0.933. The summed E-state index contributed by atoms with van der Waals surface area (Å²) in [7, 11) is 0. The molecule has 3 rings (SSSR count). The van der Waals surface area contributed by atoms with Crippen LogP contribution in [0.5, 0.6) is 0 Å². The van der Waals surface area contributed by atoms with Gasteiger partial charge in [-0.05, 0) is 100 Å². The third kappa shape index (κ3) is 9.31. The number of fused-ring (bicyclic) bond motifs is 1. The van der Waals surface area contributed by atoms with E-state index < -0.39 is 23.8 Å². The van der Waals surface area contributed by atoms with E-state index in [1.54, 1.807) is 25.7 Å². The van der Waals surface area contributed by atoms with Gasteiger partial charge in [0.25, 0.3) is 5.91 Å². The highest BCUT2D eigenvalue weighted by atomic mass is 16.6. The maximum atomic E-state index is 14.7. The molecule has 7 heteroatoms. The second kappa shape index (κ2) is 14.7. The zero-order valence-electron chi connectivity index (χ0n) is 28.2. The summed E-state index contributed by atoms with van der Waals surface area (Å²) >= 11 is 0. The van der Waals surface area contributed by atoms with Crippen LogP contribution in [0.1, 0.15) is 91.0 Å². The number of alkyl carbamates (subject to hydrolysis) is 1. The van der Waals surface area contributed by atoms with Crippen molar-refractivity contribution in [2.24, 2.45) is 11.8 Å². The van der Waals surface area contributed by atoms with Crippen LogP contribution in [0.4, 0.5) is 10.5 Å². The molecule has 0 aromatic heterocycles. The summed E-state index contributed by atoms with van der Waals surface area (Å²) in [5.74, 6) is -0.460. The number of amides is 3. The van der Waals surface area contributed by atoms with Gasteiger partial charge >= 0.3 is 6.09 Å².